The van der Waals surface area contributed by atoms with Crippen LogP contribution in [-0.2, 0) is 11.2 Å². The first kappa shape index (κ1) is 19.3. The first-order valence-corrected chi connectivity index (χ1v) is 9.97. The number of rotatable bonds is 4. The lowest BCUT2D eigenvalue weighted by molar-refractivity contribution is -0.122. The summed E-state index contributed by atoms with van der Waals surface area (Å²) in [6.07, 6.45) is 5.11. The number of aromatic nitrogens is 4. The van der Waals surface area contributed by atoms with E-state index in [-0.39, 0.29) is 41.8 Å². The molecule has 2 amide bonds. The van der Waals surface area contributed by atoms with Crippen LogP contribution in [-0.4, -0.2) is 45.1 Å². The quantitative estimate of drug-likeness (QED) is 0.683. The zero-order valence-electron chi connectivity index (χ0n) is 16.7. The van der Waals surface area contributed by atoms with Gasteiger partial charge < -0.3 is 9.73 Å². The van der Waals surface area contributed by atoms with Gasteiger partial charge >= 0.3 is 11.8 Å². The van der Waals surface area contributed by atoms with Crippen molar-refractivity contribution in [3.63, 3.8) is 0 Å². The van der Waals surface area contributed by atoms with E-state index in [0.717, 1.165) is 24.1 Å². The number of hydrogen-bond donors (Lipinski definition) is 1. The molecule has 10 heteroatoms. The summed E-state index contributed by atoms with van der Waals surface area (Å²) in [7, 11) is 1.63. The summed E-state index contributed by atoms with van der Waals surface area (Å²) in [5, 5.41) is 10.5. The van der Waals surface area contributed by atoms with E-state index in [1.807, 2.05) is 0 Å². The van der Waals surface area contributed by atoms with Gasteiger partial charge in [0.15, 0.2) is 5.82 Å². The van der Waals surface area contributed by atoms with Crippen LogP contribution in [0.25, 0.3) is 0 Å². The third-order valence-corrected chi connectivity index (χ3v) is 5.94. The molecule has 2 aromatic heterocycles. The summed E-state index contributed by atoms with van der Waals surface area (Å²) in [6, 6.07) is 5.15. The van der Waals surface area contributed by atoms with E-state index in [1.165, 1.54) is 17.0 Å². The maximum atomic E-state index is 13.1. The Morgan fingerprint density at radius 3 is 2.71 bits per heavy atom. The second-order valence-corrected chi connectivity index (χ2v) is 7.77. The van der Waals surface area contributed by atoms with Crippen LogP contribution in [0.1, 0.15) is 46.6 Å². The molecule has 9 nitrogen and oxygen atoms in total. The van der Waals surface area contributed by atoms with Crippen LogP contribution in [0.15, 0.2) is 41.1 Å². The monoisotopic (exact) mass is 422 g/mol. The van der Waals surface area contributed by atoms with Crippen molar-refractivity contribution in [1.29, 1.82) is 0 Å². The number of anilines is 1. The van der Waals surface area contributed by atoms with Crippen LogP contribution in [0, 0.1) is 11.7 Å². The molecule has 3 atom stereocenters. The first-order valence-electron chi connectivity index (χ1n) is 9.97. The molecular weight excluding hydrogens is 403 g/mol. The lowest BCUT2D eigenvalue weighted by Gasteiger charge is -2.38. The largest absolute Gasteiger partial charge is 0.417 e. The number of fused-ring (bicyclic) bond motifs is 3. The van der Waals surface area contributed by atoms with Crippen LogP contribution < -0.4 is 10.2 Å². The predicted octanol–water partition coefficient (Wildman–Crippen LogP) is 1.86. The van der Waals surface area contributed by atoms with E-state index >= 15 is 0 Å². The second-order valence-electron chi connectivity index (χ2n) is 7.77. The molecule has 5 rings (SSSR count). The molecule has 1 N–H and O–H groups in total. The van der Waals surface area contributed by atoms with E-state index in [1.54, 1.807) is 31.6 Å². The van der Waals surface area contributed by atoms with Gasteiger partial charge in [0.25, 0.3) is 5.91 Å². The summed E-state index contributed by atoms with van der Waals surface area (Å²) in [4.78, 5) is 36.1. The Morgan fingerprint density at radius 1 is 1.19 bits per heavy atom. The maximum absolute atomic E-state index is 13.1. The van der Waals surface area contributed by atoms with Gasteiger partial charge in [0, 0.05) is 25.4 Å². The van der Waals surface area contributed by atoms with Gasteiger partial charge in [-0.2, -0.15) is 0 Å². The van der Waals surface area contributed by atoms with Crippen molar-refractivity contribution >= 4 is 17.6 Å². The Labute approximate surface area is 176 Å². The number of nitrogens with zero attached hydrogens (tertiary/aromatic N) is 5. The molecular formula is C21H19FN6O3. The standard InChI is InChI=1S/C21H19FN6O3/c1-28-18-16(23-8-9-24-18)13-6-7-14(13)17(21(28)30)25-19(29)20-27-26-15(31-20)10-11-2-4-12(22)5-3-11/h2-5,8-9,13-14,17H,6-7,10H2,1H3,(H,25,29)/t13-,14+,17+/m0/s1. The molecule has 31 heavy (non-hydrogen) atoms. The minimum absolute atomic E-state index is 0.0552. The topological polar surface area (TPSA) is 114 Å². The lowest BCUT2D eigenvalue weighted by Crippen LogP contribution is -2.53. The van der Waals surface area contributed by atoms with E-state index in [4.69, 9.17) is 4.42 Å². The Bertz CT molecular complexity index is 1150. The molecule has 3 aromatic rings. The van der Waals surface area contributed by atoms with Crippen molar-refractivity contribution in [1.82, 2.24) is 25.5 Å². The van der Waals surface area contributed by atoms with Crippen molar-refractivity contribution in [3.05, 3.63) is 65.5 Å². The van der Waals surface area contributed by atoms with Gasteiger partial charge in [-0.3, -0.25) is 19.5 Å². The smallest absolute Gasteiger partial charge is 0.309 e. The highest BCUT2D eigenvalue weighted by molar-refractivity contribution is 6.01. The van der Waals surface area contributed by atoms with E-state index in [2.05, 4.69) is 25.5 Å². The van der Waals surface area contributed by atoms with Gasteiger partial charge in [0.1, 0.15) is 11.9 Å². The summed E-state index contributed by atoms with van der Waals surface area (Å²) in [5.41, 5.74) is 1.55. The maximum Gasteiger partial charge on any atom is 0.309 e. The Hall–Kier alpha value is -3.69. The number of carbonyl (C=O) groups excluding carboxylic acids is 2. The number of amides is 2. The summed E-state index contributed by atoms with van der Waals surface area (Å²) in [6.45, 7) is 0. The number of nitrogens with one attached hydrogen (secondary N) is 1. The molecule has 1 aromatic carbocycles. The zero-order chi connectivity index (χ0) is 21.5. The minimum atomic E-state index is -0.736. The number of halogens is 1. The Kier molecular flexibility index (Phi) is 4.68. The van der Waals surface area contributed by atoms with Gasteiger partial charge in [-0.05, 0) is 36.5 Å². The highest BCUT2D eigenvalue weighted by Crippen LogP contribution is 2.48. The van der Waals surface area contributed by atoms with Crippen molar-refractivity contribution in [2.75, 3.05) is 11.9 Å². The minimum Gasteiger partial charge on any atom is -0.417 e. The van der Waals surface area contributed by atoms with Crippen LogP contribution in [0.5, 0.6) is 0 Å². The fourth-order valence-electron chi connectivity index (χ4n) is 4.19. The molecule has 158 valence electrons. The first-order chi connectivity index (χ1) is 15.0. The number of likely N-dealkylation sites (N-methyl/N-ethyl adjacent to an activating group) is 1. The molecule has 2 aliphatic rings. The highest BCUT2D eigenvalue weighted by Gasteiger charge is 2.48. The fourth-order valence-corrected chi connectivity index (χ4v) is 4.19. The molecule has 0 bridgehead atoms. The molecule has 3 heterocycles. The molecule has 0 saturated heterocycles. The van der Waals surface area contributed by atoms with Gasteiger partial charge in [-0.15, -0.1) is 10.2 Å². The molecule has 0 radical (unpaired) electrons. The normalized spacial score (nSPS) is 22.2. The Morgan fingerprint density at radius 2 is 1.97 bits per heavy atom. The average molecular weight is 422 g/mol. The number of carbonyl (C=O) groups is 2. The third kappa shape index (κ3) is 3.43. The molecule has 0 unspecified atom stereocenters. The second kappa shape index (κ2) is 7.53. The van der Waals surface area contributed by atoms with Crippen molar-refractivity contribution in [2.45, 2.75) is 31.2 Å². The number of benzene rings is 1. The SMILES string of the molecule is CN1C(=O)[C@H](NC(=O)c2nnc(Cc3ccc(F)cc3)o2)[C@@H]2CC[C@@H]2c2nccnc21. The molecule has 1 fully saturated rings. The van der Waals surface area contributed by atoms with E-state index in [0.29, 0.717) is 5.82 Å². The van der Waals surface area contributed by atoms with Crippen LogP contribution in [0.2, 0.25) is 0 Å². The van der Waals surface area contributed by atoms with Gasteiger partial charge in [0.05, 0.1) is 12.1 Å². The predicted molar refractivity (Wildman–Crippen MR) is 106 cm³/mol. The summed E-state index contributed by atoms with van der Waals surface area (Å²) >= 11 is 0. The van der Waals surface area contributed by atoms with E-state index in [9.17, 15) is 14.0 Å². The zero-order valence-corrected chi connectivity index (χ0v) is 16.7. The average Bonchev–Trinajstić information content (AvgIpc) is 3.20. The van der Waals surface area contributed by atoms with Gasteiger partial charge in [0.2, 0.25) is 5.89 Å². The van der Waals surface area contributed by atoms with Crippen molar-refractivity contribution in [2.24, 2.45) is 5.92 Å². The molecule has 1 saturated carbocycles. The molecule has 0 spiro atoms. The summed E-state index contributed by atoms with van der Waals surface area (Å²) in [5.74, 6) is -0.689. The van der Waals surface area contributed by atoms with Crippen LogP contribution >= 0.6 is 0 Å². The number of hydrogen-bond acceptors (Lipinski definition) is 7. The third-order valence-electron chi connectivity index (χ3n) is 5.94. The van der Waals surface area contributed by atoms with Crippen molar-refractivity contribution < 1.29 is 18.4 Å². The molecule has 1 aliphatic carbocycles. The lowest BCUT2D eigenvalue weighted by atomic mass is 9.68. The van der Waals surface area contributed by atoms with Gasteiger partial charge in [-0.25, -0.2) is 9.37 Å². The van der Waals surface area contributed by atoms with Gasteiger partial charge in [-0.1, -0.05) is 12.1 Å². The van der Waals surface area contributed by atoms with Crippen molar-refractivity contribution in [3.8, 4) is 0 Å². The summed E-state index contributed by atoms with van der Waals surface area (Å²) < 4.78 is 18.5. The van der Waals surface area contributed by atoms with Crippen LogP contribution in [0.4, 0.5) is 10.2 Å². The highest BCUT2D eigenvalue weighted by atomic mass is 19.1. The molecule has 1 aliphatic heterocycles. The Balaban J connectivity index is 1.33. The van der Waals surface area contributed by atoms with Crippen LogP contribution in [0.3, 0.4) is 0 Å². The fraction of sp³-hybridized carbons (Fsp3) is 0.333. The van der Waals surface area contributed by atoms with E-state index < -0.39 is 11.9 Å².